The van der Waals surface area contributed by atoms with Crippen molar-refractivity contribution in [2.24, 2.45) is 0 Å². The molecule has 2 aliphatic heterocycles. The maximum atomic E-state index is 12.9. The predicted molar refractivity (Wildman–Crippen MR) is 118 cm³/mol. The molecule has 5 rings (SSSR count). The number of anilines is 2. The molecule has 1 saturated heterocycles. The number of hydrogen-bond acceptors (Lipinski definition) is 9. The number of nitrogen functional groups attached to an aromatic ring is 1. The van der Waals surface area contributed by atoms with Crippen molar-refractivity contribution in [1.29, 1.82) is 0 Å². The molecule has 0 saturated carbocycles. The van der Waals surface area contributed by atoms with Gasteiger partial charge in [-0.05, 0) is 24.3 Å². The highest BCUT2D eigenvalue weighted by atomic mass is 16.7. The Bertz CT molecular complexity index is 1190. The van der Waals surface area contributed by atoms with Crippen LogP contribution in [-0.2, 0) is 0 Å². The number of hydrogen-bond donors (Lipinski definition) is 1. The summed E-state index contributed by atoms with van der Waals surface area (Å²) in [7, 11) is 3.14. The average molecular weight is 437 g/mol. The summed E-state index contributed by atoms with van der Waals surface area (Å²) in [4.78, 5) is 25.9. The number of methoxy groups -OCH3 is 2. The summed E-state index contributed by atoms with van der Waals surface area (Å²) in [5.41, 5.74) is 7.46. The van der Waals surface area contributed by atoms with Gasteiger partial charge in [-0.25, -0.2) is 4.98 Å². The van der Waals surface area contributed by atoms with Crippen molar-refractivity contribution in [2.75, 3.05) is 57.8 Å². The highest BCUT2D eigenvalue weighted by molar-refractivity contribution is 5.95. The fourth-order valence-electron chi connectivity index (χ4n) is 3.93. The molecule has 32 heavy (non-hydrogen) atoms. The van der Waals surface area contributed by atoms with E-state index in [-0.39, 0.29) is 12.7 Å². The molecule has 2 aromatic carbocycles. The molecule has 0 spiro atoms. The zero-order chi connectivity index (χ0) is 22.2. The minimum Gasteiger partial charge on any atom is -0.493 e. The van der Waals surface area contributed by atoms with E-state index < -0.39 is 0 Å². The Kier molecular flexibility index (Phi) is 4.96. The summed E-state index contributed by atoms with van der Waals surface area (Å²) < 4.78 is 21.4. The highest BCUT2D eigenvalue weighted by Gasteiger charge is 2.26. The Labute approximate surface area is 184 Å². The number of carbonyl (C=O) groups excluding carboxylic acids is 1. The predicted octanol–water partition coefficient (Wildman–Crippen LogP) is 1.92. The van der Waals surface area contributed by atoms with Crippen molar-refractivity contribution < 1.29 is 23.7 Å². The number of aromatic nitrogens is 2. The highest BCUT2D eigenvalue weighted by Crippen LogP contribution is 2.35. The lowest BCUT2D eigenvalue weighted by molar-refractivity contribution is 0.0746. The van der Waals surface area contributed by atoms with Gasteiger partial charge < -0.3 is 34.5 Å². The molecule has 3 aromatic rings. The summed E-state index contributed by atoms with van der Waals surface area (Å²) in [6.07, 6.45) is 0. The number of fused-ring (bicyclic) bond motifs is 2. The fourth-order valence-corrected chi connectivity index (χ4v) is 3.93. The molecule has 2 aliphatic rings. The van der Waals surface area contributed by atoms with E-state index in [1.54, 1.807) is 44.6 Å². The summed E-state index contributed by atoms with van der Waals surface area (Å²) in [6, 6.07) is 8.81. The SMILES string of the molecule is COc1cc2nc(N3CCN(C(=O)c4ccc5c(c4)OCO5)CC3)nc(N)c2cc1OC. The van der Waals surface area contributed by atoms with Crippen LogP contribution >= 0.6 is 0 Å². The Morgan fingerprint density at radius 3 is 2.44 bits per heavy atom. The van der Waals surface area contributed by atoms with Crippen molar-refractivity contribution >= 4 is 28.6 Å². The summed E-state index contributed by atoms with van der Waals surface area (Å²) in [6.45, 7) is 2.45. The average Bonchev–Trinajstić information content (AvgIpc) is 3.31. The molecule has 2 N–H and O–H groups in total. The number of nitrogens with zero attached hydrogens (tertiary/aromatic N) is 4. The zero-order valence-electron chi connectivity index (χ0n) is 17.8. The fraction of sp³-hybridized carbons (Fsp3) is 0.318. The smallest absolute Gasteiger partial charge is 0.254 e. The molecule has 10 nitrogen and oxygen atoms in total. The number of ether oxygens (including phenoxy) is 4. The molecular formula is C22H23N5O5. The van der Waals surface area contributed by atoms with Crippen LogP contribution in [0.15, 0.2) is 30.3 Å². The van der Waals surface area contributed by atoms with E-state index in [0.717, 1.165) is 0 Å². The minimum atomic E-state index is -0.0428. The number of nitrogens with two attached hydrogens (primary N) is 1. The number of amides is 1. The van der Waals surface area contributed by atoms with E-state index in [9.17, 15) is 4.79 Å². The lowest BCUT2D eigenvalue weighted by Crippen LogP contribution is -2.49. The molecule has 1 fully saturated rings. The van der Waals surface area contributed by atoms with Gasteiger partial charge >= 0.3 is 0 Å². The first-order chi connectivity index (χ1) is 15.6. The minimum absolute atomic E-state index is 0.0428. The van der Waals surface area contributed by atoms with Crippen LogP contribution in [0.3, 0.4) is 0 Å². The van der Waals surface area contributed by atoms with Gasteiger partial charge in [0.1, 0.15) is 5.82 Å². The van der Waals surface area contributed by atoms with E-state index in [4.69, 9.17) is 24.7 Å². The Balaban J connectivity index is 1.33. The first kappa shape index (κ1) is 20.0. The third-order valence-corrected chi connectivity index (χ3v) is 5.69. The standard InChI is InChI=1S/C22H23N5O5/c1-29-17-10-14-15(11-18(17)30-2)24-22(25-20(14)23)27-7-5-26(6-8-27)21(28)13-3-4-16-19(9-13)32-12-31-16/h3-4,9-11H,5-8,12H2,1-2H3,(H2,23,24,25). The quantitative estimate of drug-likeness (QED) is 0.654. The van der Waals surface area contributed by atoms with Gasteiger partial charge in [-0.1, -0.05) is 0 Å². The van der Waals surface area contributed by atoms with Gasteiger partial charge in [0.2, 0.25) is 12.7 Å². The second-order valence-electron chi connectivity index (χ2n) is 7.48. The van der Waals surface area contributed by atoms with E-state index in [0.29, 0.717) is 77.4 Å². The van der Waals surface area contributed by atoms with Crippen LogP contribution in [0.2, 0.25) is 0 Å². The van der Waals surface area contributed by atoms with E-state index >= 15 is 0 Å². The molecule has 1 aromatic heterocycles. The van der Waals surface area contributed by atoms with Crippen LogP contribution in [-0.4, -0.2) is 68.0 Å². The van der Waals surface area contributed by atoms with Gasteiger partial charge in [-0.15, -0.1) is 0 Å². The van der Waals surface area contributed by atoms with Crippen LogP contribution < -0.4 is 29.6 Å². The Morgan fingerprint density at radius 1 is 0.969 bits per heavy atom. The Morgan fingerprint density at radius 2 is 1.69 bits per heavy atom. The summed E-state index contributed by atoms with van der Waals surface area (Å²) in [5, 5.41) is 0.697. The van der Waals surface area contributed by atoms with Gasteiger partial charge in [0, 0.05) is 43.2 Å². The molecule has 0 atom stereocenters. The van der Waals surface area contributed by atoms with Crippen molar-refractivity contribution in [3.8, 4) is 23.0 Å². The molecule has 0 bridgehead atoms. The normalized spacial score (nSPS) is 15.2. The molecule has 0 unspecified atom stereocenters. The molecule has 0 aliphatic carbocycles. The van der Waals surface area contributed by atoms with Gasteiger partial charge in [-0.2, -0.15) is 4.98 Å². The summed E-state index contributed by atoms with van der Waals surface area (Å²) in [5.74, 6) is 3.25. The maximum absolute atomic E-state index is 12.9. The molecule has 0 radical (unpaired) electrons. The largest absolute Gasteiger partial charge is 0.493 e. The lowest BCUT2D eigenvalue weighted by Gasteiger charge is -2.35. The maximum Gasteiger partial charge on any atom is 0.254 e. The van der Waals surface area contributed by atoms with Crippen LogP contribution in [0, 0.1) is 0 Å². The number of rotatable bonds is 4. The molecule has 3 heterocycles. The molecular weight excluding hydrogens is 414 g/mol. The number of piperazine rings is 1. The molecule has 1 amide bonds. The van der Waals surface area contributed by atoms with Gasteiger partial charge in [0.05, 0.1) is 19.7 Å². The van der Waals surface area contributed by atoms with Crippen LogP contribution in [0.25, 0.3) is 10.9 Å². The van der Waals surface area contributed by atoms with Gasteiger partial charge in [-0.3, -0.25) is 4.79 Å². The van der Waals surface area contributed by atoms with Crippen molar-refractivity contribution in [3.63, 3.8) is 0 Å². The first-order valence-electron chi connectivity index (χ1n) is 10.2. The van der Waals surface area contributed by atoms with Crippen molar-refractivity contribution in [2.45, 2.75) is 0 Å². The van der Waals surface area contributed by atoms with Crippen LogP contribution in [0.1, 0.15) is 10.4 Å². The van der Waals surface area contributed by atoms with E-state index in [1.807, 2.05) is 9.80 Å². The number of benzene rings is 2. The topological polar surface area (TPSA) is 112 Å². The second kappa shape index (κ2) is 7.95. The third kappa shape index (κ3) is 3.43. The Hall–Kier alpha value is -3.95. The van der Waals surface area contributed by atoms with Gasteiger partial charge in [0.15, 0.2) is 23.0 Å². The van der Waals surface area contributed by atoms with Crippen LogP contribution in [0.4, 0.5) is 11.8 Å². The van der Waals surface area contributed by atoms with Crippen LogP contribution in [0.5, 0.6) is 23.0 Å². The van der Waals surface area contributed by atoms with Crippen molar-refractivity contribution in [1.82, 2.24) is 14.9 Å². The van der Waals surface area contributed by atoms with E-state index in [1.165, 1.54) is 0 Å². The summed E-state index contributed by atoms with van der Waals surface area (Å²) >= 11 is 0. The zero-order valence-corrected chi connectivity index (χ0v) is 17.8. The monoisotopic (exact) mass is 437 g/mol. The lowest BCUT2D eigenvalue weighted by atomic mass is 10.1. The first-order valence-corrected chi connectivity index (χ1v) is 10.2. The van der Waals surface area contributed by atoms with Gasteiger partial charge in [0.25, 0.3) is 5.91 Å². The third-order valence-electron chi connectivity index (χ3n) is 5.69. The second-order valence-corrected chi connectivity index (χ2v) is 7.48. The molecule has 10 heteroatoms. The molecule has 166 valence electrons. The van der Waals surface area contributed by atoms with E-state index in [2.05, 4.69) is 9.97 Å². The van der Waals surface area contributed by atoms with Crippen molar-refractivity contribution in [3.05, 3.63) is 35.9 Å². The number of carbonyl (C=O) groups is 1.